The monoisotopic (exact) mass is 371 g/mol. The van der Waals surface area contributed by atoms with Crippen molar-refractivity contribution in [2.45, 2.75) is 76.7 Å². The molecule has 1 heterocycles. The molecule has 1 saturated carbocycles. The van der Waals surface area contributed by atoms with Gasteiger partial charge in [0.15, 0.2) is 0 Å². The summed E-state index contributed by atoms with van der Waals surface area (Å²) in [6.07, 6.45) is 2.75. The van der Waals surface area contributed by atoms with E-state index >= 15 is 0 Å². The Labute approximate surface area is 155 Å². The number of aliphatic hydroxyl groups is 1. The van der Waals surface area contributed by atoms with E-state index in [1.807, 2.05) is 20.8 Å². The molecule has 2 fully saturated rings. The molecule has 2 amide bonds. The molecule has 0 bridgehead atoms. The second-order valence-corrected chi connectivity index (χ2v) is 8.34. The Hall–Kier alpha value is -1.54. The van der Waals surface area contributed by atoms with Gasteiger partial charge >= 0.3 is 12.2 Å². The number of hydrogen-bond acceptors (Lipinski definition) is 6. The molecule has 3 atom stereocenters. The van der Waals surface area contributed by atoms with Crippen molar-refractivity contribution in [2.24, 2.45) is 5.92 Å². The Morgan fingerprint density at radius 2 is 2.08 bits per heavy atom. The van der Waals surface area contributed by atoms with E-state index < -0.39 is 29.9 Å². The third-order valence-corrected chi connectivity index (χ3v) is 4.68. The van der Waals surface area contributed by atoms with Crippen LogP contribution in [0.4, 0.5) is 9.59 Å². The lowest BCUT2D eigenvalue weighted by atomic mass is 9.97. The molecule has 0 unspecified atom stereocenters. The fourth-order valence-electron chi connectivity index (χ4n) is 3.40. The highest BCUT2D eigenvalue weighted by Gasteiger charge is 2.30. The number of hydrogen-bond donors (Lipinski definition) is 4. The first-order chi connectivity index (χ1) is 12.2. The standard InChI is InChI=1S/C18H33N3O5/c1-18(2,3)21-17(24)26-15(8-12-6-4-5-7-12)14(22)11-19-9-13-10-20-16(23)25-13/h12-15,19,22H,4-11H2,1-3H3,(H,20,23)(H,21,24)/t13-,14-,15+/m1/s1. The predicted octanol–water partition coefficient (Wildman–Crippen LogP) is 1.52. The minimum absolute atomic E-state index is 0.243. The number of cyclic esters (lactones) is 1. The van der Waals surface area contributed by atoms with E-state index in [-0.39, 0.29) is 12.6 Å². The van der Waals surface area contributed by atoms with Crippen molar-refractivity contribution in [1.82, 2.24) is 16.0 Å². The number of aliphatic hydroxyl groups excluding tert-OH is 1. The van der Waals surface area contributed by atoms with Gasteiger partial charge in [0.25, 0.3) is 0 Å². The molecule has 8 nitrogen and oxygen atoms in total. The van der Waals surface area contributed by atoms with Gasteiger partial charge in [-0.3, -0.25) is 0 Å². The van der Waals surface area contributed by atoms with Crippen molar-refractivity contribution < 1.29 is 24.2 Å². The molecule has 0 spiro atoms. The minimum Gasteiger partial charge on any atom is -0.443 e. The Bertz CT molecular complexity index is 474. The van der Waals surface area contributed by atoms with Crippen molar-refractivity contribution in [3.8, 4) is 0 Å². The Morgan fingerprint density at radius 3 is 2.65 bits per heavy atom. The van der Waals surface area contributed by atoms with Gasteiger partial charge in [0, 0.05) is 18.6 Å². The van der Waals surface area contributed by atoms with Crippen molar-refractivity contribution in [3.05, 3.63) is 0 Å². The van der Waals surface area contributed by atoms with E-state index in [1.54, 1.807) is 0 Å². The second-order valence-electron chi connectivity index (χ2n) is 8.34. The summed E-state index contributed by atoms with van der Waals surface area (Å²) in [5.41, 5.74) is -0.391. The summed E-state index contributed by atoms with van der Waals surface area (Å²) in [6.45, 7) is 6.83. The van der Waals surface area contributed by atoms with E-state index in [1.165, 1.54) is 12.8 Å². The Kier molecular flexibility index (Phi) is 7.52. The predicted molar refractivity (Wildman–Crippen MR) is 96.9 cm³/mol. The zero-order valence-electron chi connectivity index (χ0n) is 16.0. The molecule has 2 aliphatic rings. The largest absolute Gasteiger partial charge is 0.443 e. The average Bonchev–Trinajstić information content (AvgIpc) is 3.16. The highest BCUT2D eigenvalue weighted by molar-refractivity contribution is 5.69. The maximum atomic E-state index is 12.1. The third kappa shape index (κ3) is 7.37. The molecule has 1 aliphatic heterocycles. The van der Waals surface area contributed by atoms with Crippen molar-refractivity contribution in [1.29, 1.82) is 0 Å². The van der Waals surface area contributed by atoms with Crippen LogP contribution < -0.4 is 16.0 Å². The van der Waals surface area contributed by atoms with Crippen molar-refractivity contribution >= 4 is 12.2 Å². The van der Waals surface area contributed by atoms with Crippen LogP contribution in [0.1, 0.15) is 52.9 Å². The summed E-state index contributed by atoms with van der Waals surface area (Å²) in [7, 11) is 0. The zero-order valence-corrected chi connectivity index (χ0v) is 16.0. The molecule has 4 N–H and O–H groups in total. The maximum absolute atomic E-state index is 12.1. The molecule has 150 valence electrons. The fraction of sp³-hybridized carbons (Fsp3) is 0.889. The molecule has 8 heteroatoms. The van der Waals surface area contributed by atoms with E-state index in [0.717, 1.165) is 12.8 Å². The number of rotatable bonds is 8. The van der Waals surface area contributed by atoms with Gasteiger partial charge in [-0.05, 0) is 33.1 Å². The van der Waals surface area contributed by atoms with Crippen LogP contribution in [0, 0.1) is 5.92 Å². The lowest BCUT2D eigenvalue weighted by Gasteiger charge is -2.28. The van der Waals surface area contributed by atoms with Gasteiger partial charge in [0.1, 0.15) is 18.3 Å². The van der Waals surface area contributed by atoms with Crippen LogP contribution in [0.2, 0.25) is 0 Å². The van der Waals surface area contributed by atoms with Gasteiger partial charge in [-0.15, -0.1) is 0 Å². The molecule has 2 rings (SSSR count). The lowest BCUT2D eigenvalue weighted by Crippen LogP contribution is -2.47. The topological polar surface area (TPSA) is 109 Å². The minimum atomic E-state index is -0.814. The second kappa shape index (κ2) is 9.41. The SMILES string of the molecule is CC(C)(C)NC(=O)O[C@@H](CC1CCCC1)[C@H](O)CNC[C@@H]1CNC(=O)O1. The van der Waals surface area contributed by atoms with Crippen LogP contribution in [-0.4, -0.2) is 60.8 Å². The van der Waals surface area contributed by atoms with Gasteiger partial charge in [0.05, 0.1) is 6.54 Å². The summed E-state index contributed by atoms with van der Waals surface area (Å²) in [4.78, 5) is 23.1. The molecule has 1 aliphatic carbocycles. The van der Waals surface area contributed by atoms with E-state index in [2.05, 4.69) is 16.0 Å². The van der Waals surface area contributed by atoms with Gasteiger partial charge in [0.2, 0.25) is 0 Å². The molecule has 0 aromatic heterocycles. The summed E-state index contributed by atoms with van der Waals surface area (Å²) < 4.78 is 10.6. The highest BCUT2D eigenvalue weighted by Crippen LogP contribution is 2.30. The van der Waals surface area contributed by atoms with Crippen molar-refractivity contribution in [3.63, 3.8) is 0 Å². The summed E-state index contributed by atoms with van der Waals surface area (Å²) in [6, 6.07) is 0. The summed E-state index contributed by atoms with van der Waals surface area (Å²) >= 11 is 0. The first kappa shape index (κ1) is 20.8. The van der Waals surface area contributed by atoms with Crippen LogP contribution in [0.15, 0.2) is 0 Å². The van der Waals surface area contributed by atoms with Crippen LogP contribution in [0.25, 0.3) is 0 Å². The number of ether oxygens (including phenoxy) is 2. The molecular formula is C18H33N3O5. The Morgan fingerprint density at radius 1 is 1.38 bits per heavy atom. The van der Waals surface area contributed by atoms with Crippen LogP contribution in [0.3, 0.4) is 0 Å². The summed E-state index contributed by atoms with van der Waals surface area (Å²) in [5, 5.41) is 19.0. The first-order valence-corrected chi connectivity index (χ1v) is 9.55. The van der Waals surface area contributed by atoms with E-state index in [0.29, 0.717) is 25.4 Å². The Balaban J connectivity index is 1.82. The summed E-state index contributed by atoms with van der Waals surface area (Å²) in [5.74, 6) is 0.483. The van der Waals surface area contributed by atoms with Crippen LogP contribution >= 0.6 is 0 Å². The zero-order chi connectivity index (χ0) is 19.2. The van der Waals surface area contributed by atoms with Gasteiger partial charge < -0.3 is 30.5 Å². The fourth-order valence-corrected chi connectivity index (χ4v) is 3.40. The number of carbonyl (C=O) groups is 2. The molecule has 26 heavy (non-hydrogen) atoms. The molecule has 0 aromatic carbocycles. The van der Waals surface area contributed by atoms with E-state index in [9.17, 15) is 14.7 Å². The first-order valence-electron chi connectivity index (χ1n) is 9.55. The average molecular weight is 371 g/mol. The number of alkyl carbamates (subject to hydrolysis) is 2. The smallest absolute Gasteiger partial charge is 0.407 e. The molecule has 1 saturated heterocycles. The number of amides is 2. The number of nitrogens with one attached hydrogen (secondary N) is 3. The highest BCUT2D eigenvalue weighted by atomic mass is 16.6. The van der Waals surface area contributed by atoms with E-state index in [4.69, 9.17) is 9.47 Å². The third-order valence-electron chi connectivity index (χ3n) is 4.68. The van der Waals surface area contributed by atoms with Crippen LogP contribution in [0.5, 0.6) is 0 Å². The van der Waals surface area contributed by atoms with Crippen LogP contribution in [-0.2, 0) is 9.47 Å². The van der Waals surface area contributed by atoms with Gasteiger partial charge in [-0.25, -0.2) is 9.59 Å². The van der Waals surface area contributed by atoms with Crippen molar-refractivity contribution in [2.75, 3.05) is 19.6 Å². The molecule has 0 radical (unpaired) electrons. The molecule has 0 aromatic rings. The quantitative estimate of drug-likeness (QED) is 0.515. The lowest BCUT2D eigenvalue weighted by molar-refractivity contribution is -0.0114. The van der Waals surface area contributed by atoms with Gasteiger partial charge in [-0.2, -0.15) is 0 Å². The van der Waals surface area contributed by atoms with Gasteiger partial charge in [-0.1, -0.05) is 25.7 Å². The number of carbonyl (C=O) groups excluding carboxylic acids is 2. The normalized spacial score (nSPS) is 23.2. The molecular weight excluding hydrogens is 338 g/mol. The maximum Gasteiger partial charge on any atom is 0.407 e.